The molecule has 2 rings (SSSR count). The van der Waals surface area contributed by atoms with Crippen LogP contribution in [0.5, 0.6) is 0 Å². The molecule has 0 atom stereocenters. The maximum Gasteiger partial charge on any atom is 0.165 e. The lowest BCUT2D eigenvalue weighted by atomic mass is 10.0. The van der Waals surface area contributed by atoms with E-state index in [9.17, 15) is 4.79 Å². The summed E-state index contributed by atoms with van der Waals surface area (Å²) >= 11 is 0. The number of ketones is 1. The quantitative estimate of drug-likeness (QED) is 0.595. The third kappa shape index (κ3) is 2.16. The van der Waals surface area contributed by atoms with Crippen molar-refractivity contribution in [2.45, 2.75) is 32.6 Å². The summed E-state index contributed by atoms with van der Waals surface area (Å²) in [5, 5.41) is 1.05. The summed E-state index contributed by atoms with van der Waals surface area (Å²) in [6, 6.07) is 7.94. The minimum absolute atomic E-state index is 0.255. The summed E-state index contributed by atoms with van der Waals surface area (Å²) in [5.41, 5.74) is 1.88. The number of carbonyl (C=O) groups excluding carboxylic acids is 1. The first-order valence-corrected chi connectivity index (χ1v) is 5.92. The summed E-state index contributed by atoms with van der Waals surface area (Å²) in [6.07, 6.45) is 5.78. The normalized spacial score (nSPS) is 10.8. The number of aromatic amines is 1. The number of hydrogen-bond donors (Lipinski definition) is 1. The number of para-hydroxylation sites is 1. The van der Waals surface area contributed by atoms with Crippen molar-refractivity contribution in [3.8, 4) is 0 Å². The Bertz CT molecular complexity index is 484. The van der Waals surface area contributed by atoms with Crippen LogP contribution in [-0.2, 0) is 0 Å². The predicted molar refractivity (Wildman–Crippen MR) is 66.8 cm³/mol. The van der Waals surface area contributed by atoms with Crippen molar-refractivity contribution in [2.75, 3.05) is 0 Å². The fourth-order valence-electron chi connectivity index (χ4n) is 1.97. The molecule has 0 aliphatic carbocycles. The van der Waals surface area contributed by atoms with E-state index in [2.05, 4.69) is 11.9 Å². The molecule has 1 aromatic carbocycles. The summed E-state index contributed by atoms with van der Waals surface area (Å²) in [6.45, 7) is 2.15. The number of hydrogen-bond acceptors (Lipinski definition) is 1. The van der Waals surface area contributed by atoms with Gasteiger partial charge in [-0.15, -0.1) is 0 Å². The molecular formula is C14H17NO. The van der Waals surface area contributed by atoms with Crippen molar-refractivity contribution < 1.29 is 4.79 Å². The maximum atomic E-state index is 12.0. The van der Waals surface area contributed by atoms with Crippen LogP contribution in [0.4, 0.5) is 0 Å². The lowest BCUT2D eigenvalue weighted by molar-refractivity contribution is 0.0981. The van der Waals surface area contributed by atoms with E-state index in [1.54, 1.807) is 0 Å². The van der Waals surface area contributed by atoms with E-state index < -0.39 is 0 Å². The molecule has 0 saturated carbocycles. The Labute approximate surface area is 95.7 Å². The van der Waals surface area contributed by atoms with Crippen LogP contribution in [0, 0.1) is 0 Å². The highest BCUT2D eigenvalue weighted by Crippen LogP contribution is 2.19. The van der Waals surface area contributed by atoms with Crippen LogP contribution in [0.2, 0.25) is 0 Å². The van der Waals surface area contributed by atoms with Gasteiger partial charge in [-0.25, -0.2) is 0 Å². The number of Topliss-reactive ketones (excluding diaryl/α,β-unsaturated/α-hetero) is 1. The minimum Gasteiger partial charge on any atom is -0.360 e. The molecule has 0 bridgehead atoms. The van der Waals surface area contributed by atoms with Gasteiger partial charge in [-0.3, -0.25) is 4.79 Å². The van der Waals surface area contributed by atoms with Crippen molar-refractivity contribution >= 4 is 16.7 Å². The molecule has 1 N–H and O–H groups in total. The Kier molecular flexibility index (Phi) is 3.40. The standard InChI is InChI=1S/C14H17NO/c1-2-3-4-9-14(16)12-10-15-13-8-6-5-7-11(12)13/h5-8,10,15H,2-4,9H2,1H3. The van der Waals surface area contributed by atoms with Crippen LogP contribution in [0.3, 0.4) is 0 Å². The van der Waals surface area contributed by atoms with Gasteiger partial charge in [0.05, 0.1) is 0 Å². The summed E-state index contributed by atoms with van der Waals surface area (Å²) in [4.78, 5) is 15.1. The van der Waals surface area contributed by atoms with E-state index in [0.717, 1.165) is 35.7 Å². The zero-order chi connectivity index (χ0) is 11.4. The van der Waals surface area contributed by atoms with E-state index in [-0.39, 0.29) is 5.78 Å². The molecule has 0 aliphatic heterocycles. The molecular weight excluding hydrogens is 198 g/mol. The summed E-state index contributed by atoms with van der Waals surface area (Å²) < 4.78 is 0. The molecule has 1 aromatic heterocycles. The second kappa shape index (κ2) is 4.97. The number of fused-ring (bicyclic) bond motifs is 1. The molecule has 0 aliphatic rings. The fraction of sp³-hybridized carbons (Fsp3) is 0.357. The smallest absolute Gasteiger partial charge is 0.165 e. The van der Waals surface area contributed by atoms with Gasteiger partial charge in [0.15, 0.2) is 5.78 Å². The zero-order valence-corrected chi connectivity index (χ0v) is 9.62. The second-order valence-corrected chi connectivity index (χ2v) is 4.13. The van der Waals surface area contributed by atoms with Crippen molar-refractivity contribution in [3.05, 3.63) is 36.0 Å². The van der Waals surface area contributed by atoms with Gasteiger partial charge in [0.2, 0.25) is 0 Å². The first kappa shape index (κ1) is 10.9. The molecule has 0 spiro atoms. The van der Waals surface area contributed by atoms with Crippen LogP contribution < -0.4 is 0 Å². The molecule has 0 radical (unpaired) electrons. The van der Waals surface area contributed by atoms with Crippen LogP contribution >= 0.6 is 0 Å². The third-order valence-corrected chi connectivity index (χ3v) is 2.90. The van der Waals surface area contributed by atoms with Crippen molar-refractivity contribution in [1.29, 1.82) is 0 Å². The monoisotopic (exact) mass is 215 g/mol. The van der Waals surface area contributed by atoms with E-state index >= 15 is 0 Å². The second-order valence-electron chi connectivity index (χ2n) is 4.13. The number of nitrogens with one attached hydrogen (secondary N) is 1. The Morgan fingerprint density at radius 1 is 1.25 bits per heavy atom. The van der Waals surface area contributed by atoms with E-state index in [1.807, 2.05) is 30.5 Å². The zero-order valence-electron chi connectivity index (χ0n) is 9.62. The topological polar surface area (TPSA) is 32.9 Å². The number of rotatable bonds is 5. The summed E-state index contributed by atoms with van der Waals surface area (Å²) in [7, 11) is 0. The van der Waals surface area contributed by atoms with Gasteiger partial charge >= 0.3 is 0 Å². The van der Waals surface area contributed by atoms with Crippen LogP contribution in [-0.4, -0.2) is 10.8 Å². The predicted octanol–water partition coefficient (Wildman–Crippen LogP) is 3.93. The molecule has 2 aromatic rings. The molecule has 0 amide bonds. The maximum absolute atomic E-state index is 12.0. The fourth-order valence-corrected chi connectivity index (χ4v) is 1.97. The molecule has 0 saturated heterocycles. The SMILES string of the molecule is CCCCCC(=O)c1c[nH]c2ccccc12. The highest BCUT2D eigenvalue weighted by Gasteiger charge is 2.10. The van der Waals surface area contributed by atoms with Crippen molar-refractivity contribution in [3.63, 3.8) is 0 Å². The molecule has 2 heteroatoms. The number of unbranched alkanes of at least 4 members (excludes halogenated alkanes) is 2. The first-order chi connectivity index (χ1) is 7.83. The highest BCUT2D eigenvalue weighted by molar-refractivity contribution is 6.07. The number of carbonyl (C=O) groups is 1. The molecule has 2 nitrogen and oxygen atoms in total. The van der Waals surface area contributed by atoms with Crippen LogP contribution in [0.25, 0.3) is 10.9 Å². The number of H-pyrrole nitrogens is 1. The van der Waals surface area contributed by atoms with Gasteiger partial charge in [-0.1, -0.05) is 38.0 Å². The van der Waals surface area contributed by atoms with Gasteiger partial charge in [0.25, 0.3) is 0 Å². The minimum atomic E-state index is 0.255. The van der Waals surface area contributed by atoms with Gasteiger partial charge in [0.1, 0.15) is 0 Å². The van der Waals surface area contributed by atoms with Crippen LogP contribution in [0.15, 0.2) is 30.5 Å². The Hall–Kier alpha value is -1.57. The third-order valence-electron chi connectivity index (χ3n) is 2.90. The van der Waals surface area contributed by atoms with Crippen LogP contribution in [0.1, 0.15) is 43.0 Å². The molecule has 16 heavy (non-hydrogen) atoms. The van der Waals surface area contributed by atoms with Crippen molar-refractivity contribution in [1.82, 2.24) is 4.98 Å². The van der Waals surface area contributed by atoms with E-state index in [4.69, 9.17) is 0 Å². The number of aromatic nitrogens is 1. The van der Waals surface area contributed by atoms with E-state index in [0.29, 0.717) is 6.42 Å². The summed E-state index contributed by atoms with van der Waals surface area (Å²) in [5.74, 6) is 0.255. The lowest BCUT2D eigenvalue weighted by Crippen LogP contribution is -1.97. The Morgan fingerprint density at radius 3 is 2.88 bits per heavy atom. The van der Waals surface area contributed by atoms with Gasteiger partial charge < -0.3 is 4.98 Å². The average molecular weight is 215 g/mol. The first-order valence-electron chi connectivity index (χ1n) is 5.92. The van der Waals surface area contributed by atoms with Gasteiger partial charge in [0, 0.05) is 29.1 Å². The molecule has 0 unspecified atom stereocenters. The average Bonchev–Trinajstić information content (AvgIpc) is 2.73. The highest BCUT2D eigenvalue weighted by atomic mass is 16.1. The van der Waals surface area contributed by atoms with Crippen molar-refractivity contribution in [2.24, 2.45) is 0 Å². The van der Waals surface area contributed by atoms with Gasteiger partial charge in [-0.05, 0) is 12.5 Å². The van der Waals surface area contributed by atoms with Gasteiger partial charge in [-0.2, -0.15) is 0 Å². The molecule has 1 heterocycles. The Balaban J connectivity index is 2.17. The molecule has 0 fully saturated rings. The lowest BCUT2D eigenvalue weighted by Gasteiger charge is -1.98. The largest absolute Gasteiger partial charge is 0.360 e. The Morgan fingerprint density at radius 2 is 2.06 bits per heavy atom. The number of benzene rings is 1. The van der Waals surface area contributed by atoms with E-state index in [1.165, 1.54) is 0 Å². The molecule has 84 valence electrons.